The van der Waals surface area contributed by atoms with Crippen molar-refractivity contribution in [1.29, 1.82) is 0 Å². The van der Waals surface area contributed by atoms with Gasteiger partial charge < -0.3 is 0 Å². The molecule has 0 aromatic heterocycles. The third-order valence-corrected chi connectivity index (χ3v) is 4.47. The molecule has 21 heavy (non-hydrogen) atoms. The molecule has 0 unspecified atom stereocenters. The quantitative estimate of drug-likeness (QED) is 0.533. The van der Waals surface area contributed by atoms with Gasteiger partial charge in [0.1, 0.15) is 0 Å². The monoisotopic (exact) mass is 290 g/mol. The lowest BCUT2D eigenvalue weighted by Gasteiger charge is -2.07. The first-order chi connectivity index (χ1) is 10.2. The van der Waals surface area contributed by atoms with E-state index in [-0.39, 0.29) is 0 Å². The summed E-state index contributed by atoms with van der Waals surface area (Å²) in [5.74, 6) is 0. The van der Waals surface area contributed by atoms with E-state index in [2.05, 4.69) is 61.5 Å². The third-order valence-electron chi connectivity index (χ3n) is 4.23. The Labute approximate surface area is 128 Å². The van der Waals surface area contributed by atoms with Crippen LogP contribution in [0.25, 0.3) is 33.7 Å². The van der Waals surface area contributed by atoms with Crippen molar-refractivity contribution in [2.24, 2.45) is 0 Å². The highest BCUT2D eigenvalue weighted by Crippen LogP contribution is 2.23. The SMILES string of the molecule is CC1=CC=c2c(c3ccccc3c3ccc(Cl)cc23)=CC1. The van der Waals surface area contributed by atoms with Crippen molar-refractivity contribution in [1.82, 2.24) is 0 Å². The summed E-state index contributed by atoms with van der Waals surface area (Å²) in [5, 5.41) is 8.52. The molecule has 0 spiro atoms. The number of hydrogen-bond acceptors (Lipinski definition) is 0. The second-order valence-corrected chi connectivity index (χ2v) is 6.09. The first kappa shape index (κ1) is 12.7. The zero-order valence-corrected chi connectivity index (χ0v) is 12.6. The van der Waals surface area contributed by atoms with Crippen molar-refractivity contribution in [3.8, 4) is 0 Å². The fourth-order valence-corrected chi connectivity index (χ4v) is 3.35. The van der Waals surface area contributed by atoms with E-state index in [1.54, 1.807) is 0 Å². The van der Waals surface area contributed by atoms with Crippen LogP contribution in [-0.4, -0.2) is 0 Å². The highest BCUT2D eigenvalue weighted by molar-refractivity contribution is 6.31. The number of benzene rings is 3. The standard InChI is InChI=1S/C20H15Cl/c1-13-6-9-17-15-4-2-3-5-16(15)19-11-8-14(21)12-20(19)18(17)10-7-13/h2-5,7-12H,6H2,1H3. The van der Waals surface area contributed by atoms with Gasteiger partial charge in [-0.15, -0.1) is 0 Å². The van der Waals surface area contributed by atoms with Crippen molar-refractivity contribution in [3.05, 3.63) is 69.6 Å². The molecule has 1 aliphatic carbocycles. The maximum absolute atomic E-state index is 6.24. The predicted molar refractivity (Wildman–Crippen MR) is 93.0 cm³/mol. The average molecular weight is 291 g/mol. The summed E-state index contributed by atoms with van der Waals surface area (Å²) in [6, 6.07) is 14.8. The van der Waals surface area contributed by atoms with E-state index in [1.807, 2.05) is 6.07 Å². The van der Waals surface area contributed by atoms with E-state index in [1.165, 1.54) is 37.6 Å². The maximum atomic E-state index is 6.24. The highest BCUT2D eigenvalue weighted by atomic mass is 35.5. The number of allylic oxidation sites excluding steroid dienone is 2. The topological polar surface area (TPSA) is 0 Å². The molecule has 0 nitrogen and oxygen atoms in total. The summed E-state index contributed by atoms with van der Waals surface area (Å²) in [6.07, 6.45) is 7.80. The van der Waals surface area contributed by atoms with Crippen molar-refractivity contribution in [2.45, 2.75) is 13.3 Å². The lowest BCUT2D eigenvalue weighted by molar-refractivity contribution is 1.27. The molecule has 3 aromatic rings. The molecule has 102 valence electrons. The maximum Gasteiger partial charge on any atom is 0.0412 e. The Morgan fingerprint density at radius 1 is 0.810 bits per heavy atom. The fraction of sp³-hybridized carbons (Fsp3) is 0.100. The van der Waals surface area contributed by atoms with Gasteiger partial charge in [-0.1, -0.05) is 65.7 Å². The molecule has 0 radical (unpaired) electrons. The van der Waals surface area contributed by atoms with Gasteiger partial charge in [0.15, 0.2) is 0 Å². The van der Waals surface area contributed by atoms with E-state index in [9.17, 15) is 0 Å². The lowest BCUT2D eigenvalue weighted by Crippen LogP contribution is -2.26. The predicted octanol–water partition coefficient (Wildman–Crippen LogP) is 4.56. The van der Waals surface area contributed by atoms with Crippen LogP contribution in [0.15, 0.2) is 54.1 Å². The van der Waals surface area contributed by atoms with Crippen LogP contribution >= 0.6 is 11.6 Å². The molecule has 0 saturated carbocycles. The highest BCUT2D eigenvalue weighted by Gasteiger charge is 2.07. The molecular weight excluding hydrogens is 276 g/mol. The van der Waals surface area contributed by atoms with E-state index in [4.69, 9.17) is 11.6 Å². The normalized spacial score (nSPS) is 14.1. The van der Waals surface area contributed by atoms with Crippen LogP contribution in [-0.2, 0) is 0 Å². The molecule has 4 rings (SSSR count). The Bertz CT molecular complexity index is 1020. The fourth-order valence-electron chi connectivity index (χ4n) is 3.17. The van der Waals surface area contributed by atoms with Crippen LogP contribution in [0.2, 0.25) is 5.02 Å². The lowest BCUT2D eigenvalue weighted by atomic mass is 9.97. The summed E-state index contributed by atoms with van der Waals surface area (Å²) in [7, 11) is 0. The third kappa shape index (κ3) is 1.99. The molecular formula is C20H15Cl. The number of rotatable bonds is 0. The second kappa shape index (κ2) is 4.75. The summed E-state index contributed by atoms with van der Waals surface area (Å²) in [5.41, 5.74) is 1.38. The van der Waals surface area contributed by atoms with Gasteiger partial charge >= 0.3 is 0 Å². The molecule has 0 heterocycles. The largest absolute Gasteiger partial charge is 0.0843 e. The minimum Gasteiger partial charge on any atom is -0.0843 e. The zero-order chi connectivity index (χ0) is 14.4. The van der Waals surface area contributed by atoms with Crippen molar-refractivity contribution in [3.63, 3.8) is 0 Å². The Kier molecular flexibility index (Phi) is 2.87. The van der Waals surface area contributed by atoms with Crippen molar-refractivity contribution in [2.75, 3.05) is 0 Å². The average Bonchev–Trinajstić information content (AvgIpc) is 2.70. The summed E-state index contributed by atoms with van der Waals surface area (Å²) in [6.45, 7) is 2.18. The van der Waals surface area contributed by atoms with Gasteiger partial charge in [0, 0.05) is 5.02 Å². The molecule has 1 heteroatoms. The van der Waals surface area contributed by atoms with Crippen LogP contribution in [0.1, 0.15) is 13.3 Å². The van der Waals surface area contributed by atoms with Gasteiger partial charge in [-0.25, -0.2) is 0 Å². The molecule has 0 fully saturated rings. The first-order valence-electron chi connectivity index (χ1n) is 7.22. The zero-order valence-electron chi connectivity index (χ0n) is 11.9. The van der Waals surface area contributed by atoms with Gasteiger partial charge in [-0.3, -0.25) is 0 Å². The van der Waals surface area contributed by atoms with Crippen molar-refractivity contribution >= 4 is 45.3 Å². The Hall–Kier alpha value is -2.05. The van der Waals surface area contributed by atoms with E-state index >= 15 is 0 Å². The van der Waals surface area contributed by atoms with Gasteiger partial charge in [0.25, 0.3) is 0 Å². The number of fused-ring (bicyclic) bond motifs is 6. The first-order valence-corrected chi connectivity index (χ1v) is 7.59. The van der Waals surface area contributed by atoms with E-state index in [0.29, 0.717) is 0 Å². The molecule has 0 amide bonds. The van der Waals surface area contributed by atoms with Crippen LogP contribution in [0, 0.1) is 0 Å². The summed E-state index contributed by atoms with van der Waals surface area (Å²) >= 11 is 6.24. The van der Waals surface area contributed by atoms with Crippen LogP contribution < -0.4 is 10.4 Å². The van der Waals surface area contributed by atoms with Gasteiger partial charge in [-0.2, -0.15) is 0 Å². The van der Waals surface area contributed by atoms with Gasteiger partial charge in [0.2, 0.25) is 0 Å². The molecule has 0 atom stereocenters. The number of halogens is 1. The van der Waals surface area contributed by atoms with Crippen LogP contribution in [0.3, 0.4) is 0 Å². The molecule has 3 aromatic carbocycles. The number of hydrogen-bond donors (Lipinski definition) is 0. The van der Waals surface area contributed by atoms with Crippen LogP contribution in [0.4, 0.5) is 0 Å². The second-order valence-electron chi connectivity index (χ2n) is 5.65. The smallest absolute Gasteiger partial charge is 0.0412 e. The molecule has 0 N–H and O–H groups in total. The molecule has 1 aliphatic rings. The Morgan fingerprint density at radius 2 is 1.57 bits per heavy atom. The van der Waals surface area contributed by atoms with Crippen LogP contribution in [0.5, 0.6) is 0 Å². The van der Waals surface area contributed by atoms with E-state index in [0.717, 1.165) is 11.4 Å². The molecule has 0 bridgehead atoms. The summed E-state index contributed by atoms with van der Waals surface area (Å²) in [4.78, 5) is 0. The van der Waals surface area contributed by atoms with Gasteiger partial charge in [-0.05, 0) is 57.5 Å². The summed E-state index contributed by atoms with van der Waals surface area (Å²) < 4.78 is 0. The van der Waals surface area contributed by atoms with E-state index < -0.39 is 0 Å². The Morgan fingerprint density at radius 3 is 2.43 bits per heavy atom. The van der Waals surface area contributed by atoms with Gasteiger partial charge in [0.05, 0.1) is 0 Å². The molecule has 0 saturated heterocycles. The minimum atomic E-state index is 0.790. The van der Waals surface area contributed by atoms with Crippen molar-refractivity contribution < 1.29 is 0 Å². The Balaban J connectivity index is 2.37. The molecule has 0 aliphatic heterocycles. The minimum absolute atomic E-state index is 0.790.